The van der Waals surface area contributed by atoms with Crippen molar-refractivity contribution >= 4 is 5.91 Å². The van der Waals surface area contributed by atoms with E-state index in [1.165, 1.54) is 5.56 Å². The highest BCUT2D eigenvalue weighted by Crippen LogP contribution is 2.07. The molecule has 78 valence electrons. The Hall–Kier alpha value is -1.55. The molecule has 4 heteroatoms. The third-order valence-electron chi connectivity index (χ3n) is 1.52. The number of hydrogen-bond acceptors (Lipinski definition) is 3. The molecule has 0 unspecified atom stereocenters. The van der Waals surface area contributed by atoms with Gasteiger partial charge in [-0.3, -0.25) is 10.2 Å². The standard InChI is InChI=1S/C7H8O.C3H8N2O/c1-6-2-4-7(8)5-3-6;1-2-3(6)5-4/h2-5,8H,1H3;2,4H2,1H3,(H,5,6). The average Bonchev–Trinajstić information content (AvgIpc) is 2.22. The zero-order chi connectivity index (χ0) is 11.0. The minimum atomic E-state index is -0.130. The molecular weight excluding hydrogens is 180 g/mol. The van der Waals surface area contributed by atoms with Crippen LogP contribution in [-0.4, -0.2) is 11.0 Å². The summed E-state index contributed by atoms with van der Waals surface area (Å²) in [6, 6.07) is 7.09. The summed E-state index contributed by atoms with van der Waals surface area (Å²) in [4.78, 5) is 9.94. The van der Waals surface area contributed by atoms with Crippen molar-refractivity contribution in [2.24, 2.45) is 5.84 Å². The van der Waals surface area contributed by atoms with Gasteiger partial charge in [0.25, 0.3) is 0 Å². The van der Waals surface area contributed by atoms with Gasteiger partial charge in [0.1, 0.15) is 5.75 Å². The van der Waals surface area contributed by atoms with Gasteiger partial charge in [0, 0.05) is 6.42 Å². The number of hydrazine groups is 1. The van der Waals surface area contributed by atoms with Gasteiger partial charge in [-0.25, -0.2) is 5.84 Å². The number of aromatic hydroxyl groups is 1. The first-order valence-corrected chi connectivity index (χ1v) is 4.35. The second kappa shape index (κ2) is 6.91. The Kier molecular flexibility index (Phi) is 6.15. The van der Waals surface area contributed by atoms with Crippen LogP contribution in [0.5, 0.6) is 5.75 Å². The Bertz CT molecular complexity index is 243. The summed E-state index contributed by atoms with van der Waals surface area (Å²) in [5.74, 6) is 4.88. The molecule has 0 aliphatic heterocycles. The Morgan fingerprint density at radius 1 is 1.43 bits per heavy atom. The predicted molar refractivity (Wildman–Crippen MR) is 55.5 cm³/mol. The number of nitrogens with two attached hydrogens (primary N) is 1. The molecule has 1 aromatic rings. The molecule has 1 rings (SSSR count). The molecule has 0 aliphatic rings. The third kappa shape index (κ3) is 6.02. The minimum Gasteiger partial charge on any atom is -0.508 e. The van der Waals surface area contributed by atoms with Crippen LogP contribution in [0.3, 0.4) is 0 Å². The van der Waals surface area contributed by atoms with Gasteiger partial charge >= 0.3 is 0 Å². The molecule has 0 heterocycles. The molecular formula is C10H16N2O2. The molecule has 0 aromatic heterocycles. The van der Waals surface area contributed by atoms with E-state index in [-0.39, 0.29) is 5.91 Å². The highest BCUT2D eigenvalue weighted by atomic mass is 16.3. The van der Waals surface area contributed by atoms with Gasteiger partial charge in [0.05, 0.1) is 0 Å². The predicted octanol–water partition coefficient (Wildman–Crippen LogP) is 1.09. The molecule has 0 saturated carbocycles. The van der Waals surface area contributed by atoms with E-state index in [9.17, 15) is 4.79 Å². The fourth-order valence-corrected chi connectivity index (χ4v) is 0.647. The van der Waals surface area contributed by atoms with Crippen molar-refractivity contribution in [3.05, 3.63) is 29.8 Å². The molecule has 1 amide bonds. The first-order valence-electron chi connectivity index (χ1n) is 4.35. The van der Waals surface area contributed by atoms with Gasteiger partial charge in [0.2, 0.25) is 5.91 Å². The van der Waals surface area contributed by atoms with E-state index >= 15 is 0 Å². The summed E-state index contributed by atoms with van der Waals surface area (Å²) in [5.41, 5.74) is 3.14. The smallest absolute Gasteiger partial charge is 0.233 e. The summed E-state index contributed by atoms with van der Waals surface area (Å²) < 4.78 is 0. The molecule has 0 spiro atoms. The lowest BCUT2D eigenvalue weighted by atomic mass is 10.2. The van der Waals surface area contributed by atoms with E-state index < -0.39 is 0 Å². The Labute approximate surface area is 83.7 Å². The number of carbonyl (C=O) groups excluding carboxylic acids is 1. The molecule has 1 aromatic carbocycles. The third-order valence-corrected chi connectivity index (χ3v) is 1.52. The van der Waals surface area contributed by atoms with Crippen LogP contribution < -0.4 is 11.3 Å². The normalized spacial score (nSPS) is 8.50. The largest absolute Gasteiger partial charge is 0.508 e. The first kappa shape index (κ1) is 12.4. The summed E-state index contributed by atoms with van der Waals surface area (Å²) in [6.45, 7) is 3.72. The number of carbonyl (C=O) groups is 1. The minimum absolute atomic E-state index is 0.130. The lowest BCUT2D eigenvalue weighted by Crippen LogP contribution is -2.28. The van der Waals surface area contributed by atoms with Gasteiger partial charge in [-0.15, -0.1) is 0 Å². The molecule has 0 saturated heterocycles. The molecule has 4 nitrogen and oxygen atoms in total. The van der Waals surface area contributed by atoms with Gasteiger partial charge in [-0.2, -0.15) is 0 Å². The topological polar surface area (TPSA) is 75.4 Å². The summed E-state index contributed by atoms with van der Waals surface area (Å²) in [7, 11) is 0. The Morgan fingerprint density at radius 2 is 1.93 bits per heavy atom. The zero-order valence-electron chi connectivity index (χ0n) is 8.45. The van der Waals surface area contributed by atoms with Crippen LogP contribution in [-0.2, 0) is 4.79 Å². The lowest BCUT2D eigenvalue weighted by molar-refractivity contribution is -0.120. The quantitative estimate of drug-likeness (QED) is 0.357. The molecule has 0 atom stereocenters. The van der Waals surface area contributed by atoms with Crippen molar-refractivity contribution in [2.75, 3.05) is 0 Å². The van der Waals surface area contributed by atoms with E-state index in [0.29, 0.717) is 12.2 Å². The van der Waals surface area contributed by atoms with Crippen LogP contribution in [0.1, 0.15) is 18.9 Å². The van der Waals surface area contributed by atoms with Crippen LogP contribution in [0, 0.1) is 6.92 Å². The summed E-state index contributed by atoms with van der Waals surface area (Å²) in [6.07, 6.45) is 0.455. The average molecular weight is 196 g/mol. The number of hydrogen-bond donors (Lipinski definition) is 3. The molecule has 0 fully saturated rings. The molecule has 14 heavy (non-hydrogen) atoms. The SMILES string of the molecule is CCC(=O)NN.Cc1ccc(O)cc1. The molecule has 0 radical (unpaired) electrons. The number of amides is 1. The second-order valence-electron chi connectivity index (χ2n) is 2.76. The van der Waals surface area contributed by atoms with Crippen LogP contribution in [0.2, 0.25) is 0 Å². The number of phenols is 1. The van der Waals surface area contributed by atoms with E-state index in [1.54, 1.807) is 19.1 Å². The monoisotopic (exact) mass is 196 g/mol. The summed E-state index contributed by atoms with van der Waals surface area (Å²) in [5, 5.41) is 8.76. The lowest BCUT2D eigenvalue weighted by Gasteiger charge is -1.89. The Morgan fingerprint density at radius 3 is 2.14 bits per heavy atom. The van der Waals surface area contributed by atoms with Crippen LogP contribution in [0.4, 0.5) is 0 Å². The van der Waals surface area contributed by atoms with Crippen molar-refractivity contribution in [2.45, 2.75) is 20.3 Å². The first-order chi connectivity index (χ1) is 6.60. The second-order valence-corrected chi connectivity index (χ2v) is 2.76. The van der Waals surface area contributed by atoms with Gasteiger partial charge in [-0.1, -0.05) is 24.6 Å². The van der Waals surface area contributed by atoms with Gasteiger partial charge < -0.3 is 5.11 Å². The fraction of sp³-hybridized carbons (Fsp3) is 0.300. The highest BCUT2D eigenvalue weighted by Gasteiger charge is 1.85. The maximum Gasteiger partial charge on any atom is 0.233 e. The number of rotatable bonds is 1. The van der Waals surface area contributed by atoms with Gasteiger partial charge in [-0.05, 0) is 19.1 Å². The summed E-state index contributed by atoms with van der Waals surface area (Å²) >= 11 is 0. The number of benzene rings is 1. The molecule has 0 bridgehead atoms. The van der Waals surface area contributed by atoms with Crippen LogP contribution >= 0.6 is 0 Å². The highest BCUT2D eigenvalue weighted by molar-refractivity contribution is 5.74. The Balaban J connectivity index is 0.000000255. The fourth-order valence-electron chi connectivity index (χ4n) is 0.647. The molecule has 4 N–H and O–H groups in total. The number of aryl methyl sites for hydroxylation is 1. The van der Waals surface area contributed by atoms with Crippen LogP contribution in [0.15, 0.2) is 24.3 Å². The van der Waals surface area contributed by atoms with Crippen molar-refractivity contribution in [1.29, 1.82) is 0 Å². The van der Waals surface area contributed by atoms with Crippen molar-refractivity contribution in [3.63, 3.8) is 0 Å². The van der Waals surface area contributed by atoms with E-state index in [2.05, 4.69) is 5.84 Å². The van der Waals surface area contributed by atoms with E-state index in [4.69, 9.17) is 5.11 Å². The van der Waals surface area contributed by atoms with E-state index in [1.807, 2.05) is 24.5 Å². The number of phenolic OH excluding ortho intramolecular Hbond substituents is 1. The van der Waals surface area contributed by atoms with Gasteiger partial charge in [0.15, 0.2) is 0 Å². The van der Waals surface area contributed by atoms with Crippen molar-refractivity contribution in [1.82, 2.24) is 5.43 Å². The van der Waals surface area contributed by atoms with Crippen molar-refractivity contribution in [3.8, 4) is 5.75 Å². The zero-order valence-corrected chi connectivity index (χ0v) is 8.45. The molecule has 0 aliphatic carbocycles. The van der Waals surface area contributed by atoms with Crippen molar-refractivity contribution < 1.29 is 9.90 Å². The van der Waals surface area contributed by atoms with E-state index in [0.717, 1.165) is 0 Å². The number of nitrogens with one attached hydrogen (secondary N) is 1. The maximum atomic E-state index is 9.94. The maximum absolute atomic E-state index is 9.94. The van der Waals surface area contributed by atoms with Crippen LogP contribution in [0.25, 0.3) is 0 Å².